The molecule has 1 N–H and O–H groups in total. The first-order valence-corrected chi connectivity index (χ1v) is 8.77. The van der Waals surface area contributed by atoms with E-state index in [9.17, 15) is 9.59 Å². The van der Waals surface area contributed by atoms with Crippen molar-refractivity contribution in [2.24, 2.45) is 0 Å². The molecule has 0 bridgehead atoms. The van der Waals surface area contributed by atoms with Crippen LogP contribution in [0.5, 0.6) is 0 Å². The molecule has 0 unspecified atom stereocenters. The molecule has 1 atom stereocenters. The van der Waals surface area contributed by atoms with Gasteiger partial charge in [0.15, 0.2) is 6.61 Å². The van der Waals surface area contributed by atoms with Crippen molar-refractivity contribution in [2.75, 3.05) is 6.61 Å². The summed E-state index contributed by atoms with van der Waals surface area (Å²) in [6.07, 6.45) is 3.03. The summed E-state index contributed by atoms with van der Waals surface area (Å²) < 4.78 is 5.08. The van der Waals surface area contributed by atoms with Crippen molar-refractivity contribution >= 4 is 23.5 Å². The Balaban J connectivity index is 1.50. The van der Waals surface area contributed by atoms with Crippen LogP contribution >= 0.6 is 11.6 Å². The third-order valence-corrected chi connectivity index (χ3v) is 4.73. The molecule has 0 fully saturated rings. The molecule has 1 amide bonds. The Morgan fingerprint density at radius 1 is 1.12 bits per heavy atom. The van der Waals surface area contributed by atoms with E-state index in [1.54, 1.807) is 18.2 Å². The lowest BCUT2D eigenvalue weighted by Crippen LogP contribution is -2.34. The highest BCUT2D eigenvalue weighted by Gasteiger charge is 2.21. The van der Waals surface area contributed by atoms with Gasteiger partial charge in [-0.3, -0.25) is 9.59 Å². The molecule has 0 spiro atoms. The summed E-state index contributed by atoms with van der Waals surface area (Å²) in [5.74, 6) is -0.749. The first-order valence-electron chi connectivity index (χ1n) is 8.39. The maximum absolute atomic E-state index is 12.1. The average molecular weight is 358 g/mol. The van der Waals surface area contributed by atoms with Crippen LogP contribution in [0.3, 0.4) is 0 Å². The monoisotopic (exact) mass is 357 g/mol. The number of carbonyl (C=O) groups is 2. The second kappa shape index (κ2) is 8.17. The van der Waals surface area contributed by atoms with Crippen LogP contribution < -0.4 is 5.32 Å². The highest BCUT2D eigenvalue weighted by Crippen LogP contribution is 2.29. The standard InChI is InChI=1S/C20H20ClNO3/c21-17-10-4-2-7-15(17)12-20(24)25-13-19(23)22-18-11-5-8-14-6-1-3-9-16(14)18/h1-4,6-7,9-10,18H,5,8,11-13H2,(H,22,23)/t18-/m1/s1. The van der Waals surface area contributed by atoms with Crippen molar-refractivity contribution in [1.29, 1.82) is 0 Å². The summed E-state index contributed by atoms with van der Waals surface area (Å²) in [6.45, 7) is -0.276. The molecule has 3 rings (SSSR count). The van der Waals surface area contributed by atoms with Crippen molar-refractivity contribution in [3.05, 3.63) is 70.2 Å². The van der Waals surface area contributed by atoms with Crippen molar-refractivity contribution in [1.82, 2.24) is 5.32 Å². The van der Waals surface area contributed by atoms with Crippen LogP contribution in [-0.4, -0.2) is 18.5 Å². The SMILES string of the molecule is O=C(COC(=O)Cc1ccccc1Cl)N[C@@H]1CCCc2ccccc21. The molecule has 130 valence electrons. The smallest absolute Gasteiger partial charge is 0.310 e. The van der Waals surface area contributed by atoms with Gasteiger partial charge >= 0.3 is 5.97 Å². The van der Waals surface area contributed by atoms with Crippen LogP contribution in [0, 0.1) is 0 Å². The zero-order valence-corrected chi connectivity index (χ0v) is 14.6. The predicted molar refractivity (Wildman–Crippen MR) is 96.4 cm³/mol. The number of benzene rings is 2. The van der Waals surface area contributed by atoms with Crippen LogP contribution in [0.1, 0.15) is 35.6 Å². The summed E-state index contributed by atoms with van der Waals surface area (Å²) in [4.78, 5) is 24.0. The normalized spacial score (nSPS) is 16.0. The van der Waals surface area contributed by atoms with Crippen molar-refractivity contribution in [3.8, 4) is 0 Å². The Hall–Kier alpha value is -2.33. The Morgan fingerprint density at radius 3 is 2.72 bits per heavy atom. The van der Waals surface area contributed by atoms with E-state index in [0.717, 1.165) is 24.8 Å². The molecule has 0 aromatic heterocycles. The number of carbonyl (C=O) groups excluding carboxylic acids is 2. The van der Waals surface area contributed by atoms with E-state index in [1.807, 2.05) is 24.3 Å². The van der Waals surface area contributed by atoms with E-state index in [1.165, 1.54) is 5.56 Å². The number of esters is 1. The minimum atomic E-state index is -0.465. The van der Waals surface area contributed by atoms with Gasteiger partial charge < -0.3 is 10.1 Å². The number of aryl methyl sites for hydroxylation is 1. The van der Waals surface area contributed by atoms with Gasteiger partial charge in [0, 0.05) is 5.02 Å². The lowest BCUT2D eigenvalue weighted by atomic mass is 9.88. The number of nitrogens with one attached hydrogen (secondary N) is 1. The van der Waals surface area contributed by atoms with E-state index >= 15 is 0 Å². The van der Waals surface area contributed by atoms with E-state index in [0.29, 0.717) is 10.6 Å². The fourth-order valence-corrected chi connectivity index (χ4v) is 3.34. The Morgan fingerprint density at radius 2 is 1.88 bits per heavy atom. The van der Waals surface area contributed by atoms with Gasteiger partial charge in [0.1, 0.15) is 0 Å². The Bertz CT molecular complexity index is 775. The largest absolute Gasteiger partial charge is 0.455 e. The van der Waals surface area contributed by atoms with Gasteiger partial charge in [0.25, 0.3) is 5.91 Å². The van der Waals surface area contributed by atoms with E-state index < -0.39 is 5.97 Å². The summed E-state index contributed by atoms with van der Waals surface area (Å²) >= 11 is 6.02. The third-order valence-electron chi connectivity index (χ3n) is 4.36. The summed E-state index contributed by atoms with van der Waals surface area (Å²) in [5, 5.41) is 3.48. The van der Waals surface area contributed by atoms with Crippen LogP contribution in [0.25, 0.3) is 0 Å². The molecule has 5 heteroatoms. The Kier molecular flexibility index (Phi) is 5.71. The molecule has 4 nitrogen and oxygen atoms in total. The fourth-order valence-electron chi connectivity index (χ4n) is 3.13. The number of ether oxygens (including phenoxy) is 1. The number of rotatable bonds is 5. The molecule has 0 saturated heterocycles. The maximum atomic E-state index is 12.1. The highest BCUT2D eigenvalue weighted by atomic mass is 35.5. The van der Waals surface area contributed by atoms with Gasteiger partial charge in [0.05, 0.1) is 12.5 Å². The van der Waals surface area contributed by atoms with Crippen molar-refractivity contribution in [2.45, 2.75) is 31.7 Å². The maximum Gasteiger partial charge on any atom is 0.310 e. The van der Waals surface area contributed by atoms with Crippen LogP contribution in [0.15, 0.2) is 48.5 Å². The quantitative estimate of drug-likeness (QED) is 0.831. The lowest BCUT2D eigenvalue weighted by Gasteiger charge is -2.26. The summed E-state index contributed by atoms with van der Waals surface area (Å²) in [6, 6.07) is 15.2. The molecule has 2 aromatic rings. The molecule has 0 saturated carbocycles. The highest BCUT2D eigenvalue weighted by molar-refractivity contribution is 6.31. The zero-order valence-electron chi connectivity index (χ0n) is 13.8. The van der Waals surface area contributed by atoms with Gasteiger partial charge in [-0.2, -0.15) is 0 Å². The van der Waals surface area contributed by atoms with Crippen LogP contribution in [0.4, 0.5) is 0 Å². The number of halogens is 1. The van der Waals surface area contributed by atoms with E-state index in [2.05, 4.69) is 11.4 Å². The Labute approximate surface area is 152 Å². The van der Waals surface area contributed by atoms with Gasteiger partial charge in [-0.1, -0.05) is 54.1 Å². The van der Waals surface area contributed by atoms with Crippen LogP contribution in [0.2, 0.25) is 5.02 Å². The van der Waals surface area contributed by atoms with Gasteiger partial charge in [-0.15, -0.1) is 0 Å². The molecular weight excluding hydrogens is 338 g/mol. The lowest BCUT2D eigenvalue weighted by molar-refractivity contribution is -0.148. The van der Waals surface area contributed by atoms with E-state index in [-0.39, 0.29) is 25.0 Å². The molecule has 1 aliphatic rings. The second-order valence-electron chi connectivity index (χ2n) is 6.14. The summed E-state index contributed by atoms with van der Waals surface area (Å²) in [5.41, 5.74) is 3.12. The minimum absolute atomic E-state index is 0.0141. The first-order chi connectivity index (χ1) is 12.1. The third kappa shape index (κ3) is 4.60. The molecule has 0 radical (unpaired) electrons. The number of hydrogen-bond donors (Lipinski definition) is 1. The molecule has 2 aromatic carbocycles. The minimum Gasteiger partial charge on any atom is -0.455 e. The van der Waals surface area contributed by atoms with Crippen molar-refractivity contribution < 1.29 is 14.3 Å². The molecule has 25 heavy (non-hydrogen) atoms. The average Bonchev–Trinajstić information content (AvgIpc) is 2.62. The molecule has 1 aliphatic carbocycles. The number of amides is 1. The first kappa shape index (κ1) is 17.5. The second-order valence-corrected chi connectivity index (χ2v) is 6.55. The fraction of sp³-hybridized carbons (Fsp3) is 0.300. The molecule has 0 heterocycles. The zero-order chi connectivity index (χ0) is 17.6. The van der Waals surface area contributed by atoms with Gasteiger partial charge in [-0.05, 0) is 42.0 Å². The van der Waals surface area contributed by atoms with Crippen molar-refractivity contribution in [3.63, 3.8) is 0 Å². The number of fused-ring (bicyclic) bond motifs is 1. The predicted octanol–water partition coefficient (Wildman–Crippen LogP) is 3.62. The number of hydrogen-bond acceptors (Lipinski definition) is 3. The van der Waals surface area contributed by atoms with E-state index in [4.69, 9.17) is 16.3 Å². The molecular formula is C20H20ClNO3. The van der Waals surface area contributed by atoms with Gasteiger partial charge in [-0.25, -0.2) is 0 Å². The van der Waals surface area contributed by atoms with Gasteiger partial charge in [0.2, 0.25) is 0 Å². The summed E-state index contributed by atoms with van der Waals surface area (Å²) in [7, 11) is 0. The van der Waals surface area contributed by atoms with Crippen LogP contribution in [-0.2, 0) is 27.2 Å². The topological polar surface area (TPSA) is 55.4 Å². The molecule has 0 aliphatic heterocycles.